The molecule has 6 nitrogen and oxygen atoms in total. The Bertz CT molecular complexity index is 909. The molecule has 0 aliphatic heterocycles. The van der Waals surface area contributed by atoms with E-state index in [0.29, 0.717) is 26.0 Å². The lowest BCUT2D eigenvalue weighted by atomic mass is 10.2. The van der Waals surface area contributed by atoms with Crippen molar-refractivity contribution in [2.45, 2.75) is 25.5 Å². The van der Waals surface area contributed by atoms with Crippen molar-refractivity contribution in [3.05, 3.63) is 59.0 Å². The van der Waals surface area contributed by atoms with Crippen molar-refractivity contribution in [1.82, 2.24) is 9.55 Å². The van der Waals surface area contributed by atoms with E-state index in [0.717, 1.165) is 20.5 Å². The average Bonchev–Trinajstić information content (AvgIpc) is 3.28. The molecule has 0 saturated heterocycles. The summed E-state index contributed by atoms with van der Waals surface area (Å²) in [6.07, 6.45) is 3.74. The Labute approximate surface area is 166 Å². The van der Waals surface area contributed by atoms with E-state index in [-0.39, 0.29) is 5.69 Å². The fraction of sp³-hybridized carbons (Fsp3) is 0.263. The van der Waals surface area contributed by atoms with Gasteiger partial charge in [-0.1, -0.05) is 23.7 Å². The van der Waals surface area contributed by atoms with Crippen LogP contribution in [0.5, 0.6) is 5.75 Å². The third kappa shape index (κ3) is 5.56. The molecule has 0 bridgehead atoms. The van der Waals surface area contributed by atoms with E-state index < -0.39 is 12.0 Å². The number of aliphatic hydroxyl groups is 1. The van der Waals surface area contributed by atoms with E-state index in [1.807, 2.05) is 36.4 Å². The monoisotopic (exact) mass is 405 g/mol. The van der Waals surface area contributed by atoms with Crippen LogP contribution in [0.1, 0.15) is 23.3 Å². The van der Waals surface area contributed by atoms with Crippen LogP contribution in [0.25, 0.3) is 10.4 Å². The van der Waals surface area contributed by atoms with Crippen molar-refractivity contribution < 1.29 is 14.6 Å². The van der Waals surface area contributed by atoms with Gasteiger partial charge in [-0.05, 0) is 42.7 Å². The Hall–Kier alpha value is -2.35. The number of amides is 1. The first kappa shape index (κ1) is 19.4. The van der Waals surface area contributed by atoms with Crippen LogP contribution >= 0.6 is 22.9 Å². The number of carbonyl (C=O) groups excluding carboxylic acids is 1. The second-order valence-electron chi connectivity index (χ2n) is 6.10. The van der Waals surface area contributed by atoms with Crippen LogP contribution in [0, 0.1) is 0 Å². The number of imidazole rings is 1. The molecule has 1 unspecified atom stereocenters. The molecule has 3 N–H and O–H groups in total. The molecule has 0 aliphatic carbocycles. The Balaban J connectivity index is 1.43. The van der Waals surface area contributed by atoms with Crippen molar-refractivity contribution in [3.63, 3.8) is 0 Å². The first-order valence-corrected chi connectivity index (χ1v) is 9.69. The van der Waals surface area contributed by atoms with Crippen LogP contribution in [0.15, 0.2) is 48.9 Å². The molecule has 142 valence electrons. The van der Waals surface area contributed by atoms with E-state index in [1.54, 1.807) is 4.57 Å². The van der Waals surface area contributed by atoms with E-state index in [1.165, 1.54) is 23.9 Å². The Morgan fingerprint density at radius 2 is 2.22 bits per heavy atom. The quantitative estimate of drug-likeness (QED) is 0.532. The number of nitrogens with two attached hydrogens (primary N) is 1. The molecule has 1 amide bonds. The first-order valence-electron chi connectivity index (χ1n) is 8.49. The maximum atomic E-state index is 11.0. The summed E-state index contributed by atoms with van der Waals surface area (Å²) in [5, 5.41) is 10.1. The van der Waals surface area contributed by atoms with Gasteiger partial charge < -0.3 is 20.1 Å². The predicted octanol–water partition coefficient (Wildman–Crippen LogP) is 3.58. The lowest BCUT2D eigenvalue weighted by molar-refractivity contribution is 0.0995. The Morgan fingerprint density at radius 3 is 2.93 bits per heavy atom. The van der Waals surface area contributed by atoms with Gasteiger partial charge in [-0.2, -0.15) is 0 Å². The number of thiophene rings is 1. The van der Waals surface area contributed by atoms with Gasteiger partial charge in [0.1, 0.15) is 11.4 Å². The van der Waals surface area contributed by atoms with E-state index >= 15 is 0 Å². The Morgan fingerprint density at radius 1 is 1.37 bits per heavy atom. The van der Waals surface area contributed by atoms with Crippen LogP contribution in [0.2, 0.25) is 4.34 Å². The zero-order valence-corrected chi connectivity index (χ0v) is 16.1. The molecule has 3 rings (SSSR count). The van der Waals surface area contributed by atoms with Crippen LogP contribution in [-0.2, 0) is 6.54 Å². The van der Waals surface area contributed by atoms with Gasteiger partial charge in [0.2, 0.25) is 0 Å². The van der Waals surface area contributed by atoms with Crippen molar-refractivity contribution in [2.75, 3.05) is 6.61 Å². The molecule has 1 atom stereocenters. The van der Waals surface area contributed by atoms with Crippen molar-refractivity contribution in [2.24, 2.45) is 5.73 Å². The average molecular weight is 406 g/mol. The molecule has 3 aromatic rings. The van der Waals surface area contributed by atoms with Crippen LogP contribution in [0.4, 0.5) is 0 Å². The number of halogens is 1. The molecule has 2 heterocycles. The van der Waals surface area contributed by atoms with Gasteiger partial charge in [0, 0.05) is 17.6 Å². The summed E-state index contributed by atoms with van der Waals surface area (Å²) in [5.41, 5.74) is 6.42. The molecule has 2 aromatic heterocycles. The standard InChI is InChI=1S/C19H20ClN3O3S/c20-18-7-6-17(27-18)13-3-1-5-15(9-13)26-8-2-4-14(24)10-23-11-16(19(21)25)22-12-23/h1,3,5-7,9,11-12,14,24H,2,4,8,10H2,(H2,21,25). The summed E-state index contributed by atoms with van der Waals surface area (Å²) in [7, 11) is 0. The molecule has 1 aromatic carbocycles. The number of carbonyl (C=O) groups is 1. The number of hydrogen-bond donors (Lipinski definition) is 2. The molecule has 27 heavy (non-hydrogen) atoms. The number of hydrogen-bond acceptors (Lipinski definition) is 5. The highest BCUT2D eigenvalue weighted by atomic mass is 35.5. The fourth-order valence-electron chi connectivity index (χ4n) is 2.64. The van der Waals surface area contributed by atoms with Crippen LogP contribution in [0.3, 0.4) is 0 Å². The minimum absolute atomic E-state index is 0.192. The maximum Gasteiger partial charge on any atom is 0.268 e. The number of ether oxygens (including phenoxy) is 1. The summed E-state index contributed by atoms with van der Waals surface area (Å²) in [6.45, 7) is 0.858. The lowest BCUT2D eigenvalue weighted by Gasteiger charge is -2.12. The van der Waals surface area contributed by atoms with Gasteiger partial charge >= 0.3 is 0 Å². The fourth-order valence-corrected chi connectivity index (χ4v) is 3.68. The summed E-state index contributed by atoms with van der Waals surface area (Å²) in [6, 6.07) is 11.7. The number of aromatic nitrogens is 2. The molecule has 0 spiro atoms. The lowest BCUT2D eigenvalue weighted by Crippen LogP contribution is -2.16. The van der Waals surface area contributed by atoms with Gasteiger partial charge in [-0.25, -0.2) is 4.98 Å². The smallest absolute Gasteiger partial charge is 0.268 e. The SMILES string of the molecule is NC(=O)c1cn(CC(O)CCCOc2cccc(-c3ccc(Cl)s3)c2)cn1. The summed E-state index contributed by atoms with van der Waals surface area (Å²) in [5.74, 6) is 0.205. The third-order valence-corrected chi connectivity index (χ3v) is 5.23. The highest BCUT2D eigenvalue weighted by Gasteiger charge is 2.09. The number of primary amides is 1. The normalized spacial score (nSPS) is 12.1. The summed E-state index contributed by atoms with van der Waals surface area (Å²) < 4.78 is 8.20. The van der Waals surface area contributed by atoms with Gasteiger partial charge in [-0.3, -0.25) is 4.79 Å². The largest absolute Gasteiger partial charge is 0.494 e. The molecule has 8 heteroatoms. The molecular formula is C19H20ClN3O3S. The number of rotatable bonds is 9. The predicted molar refractivity (Wildman–Crippen MR) is 106 cm³/mol. The second-order valence-corrected chi connectivity index (χ2v) is 7.81. The minimum atomic E-state index is -0.580. The maximum absolute atomic E-state index is 11.0. The summed E-state index contributed by atoms with van der Waals surface area (Å²) in [4.78, 5) is 16.0. The molecule has 0 radical (unpaired) electrons. The number of benzene rings is 1. The molecule has 0 fully saturated rings. The van der Waals surface area contributed by atoms with E-state index in [4.69, 9.17) is 22.1 Å². The zero-order valence-electron chi connectivity index (χ0n) is 14.5. The van der Waals surface area contributed by atoms with Crippen molar-refractivity contribution in [1.29, 1.82) is 0 Å². The topological polar surface area (TPSA) is 90.4 Å². The third-order valence-electron chi connectivity index (χ3n) is 3.95. The van der Waals surface area contributed by atoms with Gasteiger partial charge in [0.15, 0.2) is 0 Å². The van der Waals surface area contributed by atoms with Crippen LogP contribution < -0.4 is 10.5 Å². The zero-order chi connectivity index (χ0) is 19.2. The van der Waals surface area contributed by atoms with Gasteiger partial charge in [-0.15, -0.1) is 11.3 Å². The minimum Gasteiger partial charge on any atom is -0.494 e. The van der Waals surface area contributed by atoms with E-state index in [9.17, 15) is 9.90 Å². The van der Waals surface area contributed by atoms with Gasteiger partial charge in [0.05, 0.1) is 23.4 Å². The summed E-state index contributed by atoms with van der Waals surface area (Å²) >= 11 is 7.52. The molecular weight excluding hydrogens is 386 g/mol. The highest BCUT2D eigenvalue weighted by Crippen LogP contribution is 2.32. The van der Waals surface area contributed by atoms with Crippen molar-refractivity contribution in [3.8, 4) is 16.2 Å². The molecule has 0 saturated carbocycles. The second kappa shape index (κ2) is 9.03. The Kier molecular flexibility index (Phi) is 6.49. The highest BCUT2D eigenvalue weighted by molar-refractivity contribution is 7.19. The number of aliphatic hydroxyl groups excluding tert-OH is 1. The van der Waals surface area contributed by atoms with Crippen LogP contribution in [-0.4, -0.2) is 33.3 Å². The molecule has 0 aliphatic rings. The number of nitrogens with zero attached hydrogens (tertiary/aromatic N) is 2. The van der Waals surface area contributed by atoms with E-state index in [2.05, 4.69) is 4.98 Å². The van der Waals surface area contributed by atoms with Gasteiger partial charge in [0.25, 0.3) is 5.91 Å². The first-order chi connectivity index (χ1) is 13.0. The van der Waals surface area contributed by atoms with Crippen molar-refractivity contribution >= 4 is 28.8 Å².